The molecule has 1 aromatic carbocycles. The minimum Gasteiger partial charge on any atom is -0.493 e. The van der Waals surface area contributed by atoms with Gasteiger partial charge in [0.2, 0.25) is 0 Å². The van der Waals surface area contributed by atoms with Crippen LogP contribution in [0.2, 0.25) is 0 Å². The lowest BCUT2D eigenvalue weighted by Gasteiger charge is -2.26. The van der Waals surface area contributed by atoms with Crippen LogP contribution in [0, 0.1) is 0 Å². The van der Waals surface area contributed by atoms with Crippen LogP contribution in [0.3, 0.4) is 0 Å². The van der Waals surface area contributed by atoms with Crippen LogP contribution in [0.15, 0.2) is 12.1 Å². The van der Waals surface area contributed by atoms with Crippen molar-refractivity contribution in [3.63, 3.8) is 0 Å². The van der Waals surface area contributed by atoms with E-state index in [9.17, 15) is 9.90 Å². The highest BCUT2D eigenvalue weighted by atomic mass is 16.5. The fourth-order valence-electron chi connectivity index (χ4n) is 3.22. The molecule has 1 unspecified atom stereocenters. The van der Waals surface area contributed by atoms with Gasteiger partial charge in [0.25, 0.3) is 0 Å². The third-order valence-electron chi connectivity index (χ3n) is 4.00. The maximum Gasteiger partial charge on any atom is 0.407 e. The summed E-state index contributed by atoms with van der Waals surface area (Å²) in [6.07, 6.45) is 1.95. The van der Waals surface area contributed by atoms with Crippen LogP contribution in [0.4, 0.5) is 4.79 Å². The van der Waals surface area contributed by atoms with E-state index in [0.717, 1.165) is 31.6 Å². The molecule has 0 aromatic heterocycles. The molecule has 0 saturated carbocycles. The maximum atomic E-state index is 11.3. The highest BCUT2D eigenvalue weighted by molar-refractivity contribution is 5.67. The number of carboxylic acid groups (broad SMARTS) is 1. The van der Waals surface area contributed by atoms with Gasteiger partial charge in [-0.15, -0.1) is 0 Å². The number of benzene rings is 1. The second-order valence-electron chi connectivity index (χ2n) is 4.84. The lowest BCUT2D eigenvalue weighted by atomic mass is 9.98. The number of ether oxygens (including phenoxy) is 1. The third kappa shape index (κ3) is 1.55. The molecule has 0 spiro atoms. The summed E-state index contributed by atoms with van der Waals surface area (Å²) in [5, 5.41) is 9.30. The fraction of sp³-hybridized carbons (Fsp3) is 0.500. The Balaban J connectivity index is 2.05. The van der Waals surface area contributed by atoms with E-state index in [1.165, 1.54) is 16.7 Å². The lowest BCUT2D eigenvalue weighted by molar-refractivity contribution is 0.127. The van der Waals surface area contributed by atoms with Crippen LogP contribution in [0.5, 0.6) is 5.75 Å². The molecule has 3 rings (SSSR count). The highest BCUT2D eigenvalue weighted by Gasteiger charge is 2.34. The first-order valence-electron chi connectivity index (χ1n) is 6.49. The van der Waals surface area contributed by atoms with E-state index >= 15 is 0 Å². The van der Waals surface area contributed by atoms with Crippen molar-refractivity contribution in [1.29, 1.82) is 0 Å². The quantitative estimate of drug-likeness (QED) is 0.874. The van der Waals surface area contributed by atoms with E-state index in [1.54, 1.807) is 4.90 Å². The number of hydrogen-bond acceptors (Lipinski definition) is 2. The van der Waals surface area contributed by atoms with E-state index in [2.05, 4.69) is 6.07 Å². The van der Waals surface area contributed by atoms with Crippen LogP contribution >= 0.6 is 0 Å². The van der Waals surface area contributed by atoms with Gasteiger partial charge in [0.05, 0.1) is 12.6 Å². The number of rotatable bonds is 2. The molecule has 1 amide bonds. The molecule has 96 valence electrons. The predicted octanol–water partition coefficient (Wildman–Crippen LogP) is 2.61. The van der Waals surface area contributed by atoms with Crippen molar-refractivity contribution >= 4 is 6.09 Å². The highest BCUT2D eigenvalue weighted by Crippen LogP contribution is 2.43. The number of aryl methyl sites for hydroxylation is 1. The molecule has 0 bridgehead atoms. The summed E-state index contributed by atoms with van der Waals surface area (Å²) in [5.74, 6) is 0.946. The van der Waals surface area contributed by atoms with Crippen molar-refractivity contribution < 1.29 is 14.6 Å². The first-order valence-corrected chi connectivity index (χ1v) is 6.49. The summed E-state index contributed by atoms with van der Waals surface area (Å²) in [7, 11) is 0. The van der Waals surface area contributed by atoms with E-state index in [0.29, 0.717) is 6.54 Å². The Morgan fingerprint density at radius 3 is 3.06 bits per heavy atom. The van der Waals surface area contributed by atoms with Gasteiger partial charge >= 0.3 is 6.09 Å². The molecule has 0 fully saturated rings. The number of fused-ring (bicyclic) bond motifs is 3. The number of carbonyl (C=O) groups is 1. The zero-order valence-corrected chi connectivity index (χ0v) is 10.5. The molecular weight excluding hydrogens is 230 g/mol. The van der Waals surface area contributed by atoms with Gasteiger partial charge in [0.15, 0.2) is 0 Å². The normalized spacial score (nSPS) is 20.2. The Bertz CT molecular complexity index is 498. The topological polar surface area (TPSA) is 49.8 Å². The largest absolute Gasteiger partial charge is 0.493 e. The molecule has 1 aromatic rings. The van der Waals surface area contributed by atoms with Gasteiger partial charge in [-0.3, -0.25) is 0 Å². The minimum atomic E-state index is -0.827. The van der Waals surface area contributed by atoms with Gasteiger partial charge in [-0.25, -0.2) is 4.79 Å². The molecule has 2 aliphatic rings. The molecule has 1 aliphatic carbocycles. The molecule has 4 heteroatoms. The standard InChI is InChI=1S/C14H17NO3/c1-2-15(14(16)17)11-5-3-9-4-6-12-10(13(9)11)7-8-18-12/h4,6,11H,2-3,5,7-8H2,1H3,(H,16,17). The number of hydrogen-bond donors (Lipinski definition) is 1. The molecule has 0 saturated heterocycles. The second-order valence-corrected chi connectivity index (χ2v) is 4.84. The van der Waals surface area contributed by atoms with Gasteiger partial charge in [-0.2, -0.15) is 0 Å². The third-order valence-corrected chi connectivity index (χ3v) is 4.00. The van der Waals surface area contributed by atoms with Gasteiger partial charge in [-0.1, -0.05) is 6.07 Å². The Hall–Kier alpha value is -1.71. The van der Waals surface area contributed by atoms with Crippen molar-refractivity contribution in [3.05, 3.63) is 28.8 Å². The average Bonchev–Trinajstić information content (AvgIpc) is 2.94. The lowest BCUT2D eigenvalue weighted by Crippen LogP contribution is -2.32. The van der Waals surface area contributed by atoms with Crippen molar-refractivity contribution in [1.82, 2.24) is 4.90 Å². The smallest absolute Gasteiger partial charge is 0.407 e. The zero-order valence-electron chi connectivity index (χ0n) is 10.5. The summed E-state index contributed by atoms with van der Waals surface area (Å²) < 4.78 is 5.58. The molecule has 0 radical (unpaired) electrons. The summed E-state index contributed by atoms with van der Waals surface area (Å²) in [6.45, 7) is 3.15. The predicted molar refractivity (Wildman–Crippen MR) is 67.1 cm³/mol. The Morgan fingerprint density at radius 2 is 2.33 bits per heavy atom. The van der Waals surface area contributed by atoms with E-state index in [4.69, 9.17) is 4.74 Å². The van der Waals surface area contributed by atoms with E-state index < -0.39 is 6.09 Å². The van der Waals surface area contributed by atoms with Gasteiger partial charge in [0.1, 0.15) is 5.75 Å². The van der Waals surface area contributed by atoms with Crippen LogP contribution in [0.1, 0.15) is 36.1 Å². The maximum absolute atomic E-state index is 11.3. The van der Waals surface area contributed by atoms with Crippen LogP contribution in [-0.4, -0.2) is 29.3 Å². The zero-order chi connectivity index (χ0) is 12.7. The van der Waals surface area contributed by atoms with Crippen molar-refractivity contribution in [2.75, 3.05) is 13.2 Å². The van der Waals surface area contributed by atoms with Crippen molar-refractivity contribution in [2.45, 2.75) is 32.2 Å². The molecule has 1 N–H and O–H groups in total. The molecule has 4 nitrogen and oxygen atoms in total. The minimum absolute atomic E-state index is 0.0131. The molecule has 1 atom stereocenters. The molecule has 18 heavy (non-hydrogen) atoms. The van der Waals surface area contributed by atoms with E-state index in [1.807, 2.05) is 13.0 Å². The molecule has 1 heterocycles. The number of amides is 1. The van der Waals surface area contributed by atoms with Crippen molar-refractivity contribution in [3.8, 4) is 5.75 Å². The van der Waals surface area contributed by atoms with E-state index in [-0.39, 0.29) is 6.04 Å². The van der Waals surface area contributed by atoms with Crippen molar-refractivity contribution in [2.24, 2.45) is 0 Å². The Labute approximate surface area is 106 Å². The summed E-state index contributed by atoms with van der Waals surface area (Å²) in [5.41, 5.74) is 3.74. The Morgan fingerprint density at radius 1 is 1.50 bits per heavy atom. The molecule has 1 aliphatic heterocycles. The fourth-order valence-corrected chi connectivity index (χ4v) is 3.22. The van der Waals surface area contributed by atoms with Gasteiger partial charge in [-0.05, 0) is 37.0 Å². The average molecular weight is 247 g/mol. The Kier molecular flexibility index (Phi) is 2.65. The summed E-state index contributed by atoms with van der Waals surface area (Å²) >= 11 is 0. The molecular formula is C14H17NO3. The first kappa shape index (κ1) is 11.4. The van der Waals surface area contributed by atoms with Crippen LogP contribution in [0.25, 0.3) is 0 Å². The first-order chi connectivity index (χ1) is 8.72. The summed E-state index contributed by atoms with van der Waals surface area (Å²) in [4.78, 5) is 12.9. The summed E-state index contributed by atoms with van der Waals surface area (Å²) in [6, 6.07) is 4.13. The SMILES string of the molecule is CCN(C(=O)O)C1CCc2ccc3c(c21)CCO3. The second kappa shape index (κ2) is 4.19. The number of nitrogens with zero attached hydrogens (tertiary/aromatic N) is 1. The van der Waals surface area contributed by atoms with Crippen LogP contribution < -0.4 is 4.74 Å². The van der Waals surface area contributed by atoms with Gasteiger partial charge < -0.3 is 14.7 Å². The monoisotopic (exact) mass is 247 g/mol. The van der Waals surface area contributed by atoms with Crippen LogP contribution in [-0.2, 0) is 12.8 Å². The van der Waals surface area contributed by atoms with Gasteiger partial charge in [0, 0.05) is 18.5 Å².